The molecule has 23 heavy (non-hydrogen) atoms. The summed E-state index contributed by atoms with van der Waals surface area (Å²) in [4.78, 5) is -0.127. The van der Waals surface area contributed by atoms with Crippen molar-refractivity contribution in [3.05, 3.63) is 42.0 Å². The first-order chi connectivity index (χ1) is 10.5. The van der Waals surface area contributed by atoms with Crippen molar-refractivity contribution in [3.63, 3.8) is 0 Å². The number of hydrogen-bond acceptors (Lipinski definition) is 3. The molecule has 0 spiro atoms. The maximum Gasteiger partial charge on any atom is 0.416 e. The van der Waals surface area contributed by atoms with E-state index in [1.807, 2.05) is 0 Å². The molecule has 0 aliphatic heterocycles. The van der Waals surface area contributed by atoms with Gasteiger partial charge in [0.05, 0.1) is 17.9 Å². The molecule has 0 bridgehead atoms. The molecule has 0 unspecified atom stereocenters. The fourth-order valence-corrected chi connectivity index (χ4v) is 3.25. The van der Waals surface area contributed by atoms with Crippen LogP contribution in [-0.2, 0) is 9.84 Å². The Morgan fingerprint density at radius 3 is 2.26 bits per heavy atom. The van der Waals surface area contributed by atoms with Crippen molar-refractivity contribution in [2.45, 2.75) is 37.1 Å². The van der Waals surface area contributed by atoms with Crippen LogP contribution < -0.4 is 4.74 Å². The average molecular weight is 348 g/mol. The molecule has 0 atom stereocenters. The number of hydrogen-bond donors (Lipinski definition) is 0. The first kappa shape index (κ1) is 19.3. The fraction of sp³-hybridized carbons (Fsp3) is 0.375. The molecule has 0 N–H and O–H groups in total. The second-order valence-corrected chi connectivity index (χ2v) is 7.67. The maximum absolute atomic E-state index is 13.0. The standard InChI is InChI=1S/C16H19F3O3S/c1-6-13(16(17,18)19)11(4)12-7-8-14(22-5)15(9-12)23(20,21)10(2)3/h6-10H,1H2,2-5H3. The minimum atomic E-state index is -4.57. The van der Waals surface area contributed by atoms with E-state index in [1.54, 1.807) is 0 Å². The van der Waals surface area contributed by atoms with E-state index in [-0.39, 0.29) is 21.8 Å². The van der Waals surface area contributed by atoms with Crippen LogP contribution in [0.3, 0.4) is 0 Å². The lowest BCUT2D eigenvalue weighted by Crippen LogP contribution is -2.16. The molecule has 0 aromatic heterocycles. The topological polar surface area (TPSA) is 43.4 Å². The smallest absolute Gasteiger partial charge is 0.416 e. The van der Waals surface area contributed by atoms with E-state index in [0.29, 0.717) is 0 Å². The van der Waals surface area contributed by atoms with Gasteiger partial charge in [-0.1, -0.05) is 18.7 Å². The van der Waals surface area contributed by atoms with Gasteiger partial charge in [-0.2, -0.15) is 13.2 Å². The highest BCUT2D eigenvalue weighted by Crippen LogP contribution is 2.36. The number of ether oxygens (including phenoxy) is 1. The lowest BCUT2D eigenvalue weighted by molar-refractivity contribution is -0.0876. The van der Waals surface area contributed by atoms with Crippen molar-refractivity contribution < 1.29 is 26.3 Å². The Balaban J connectivity index is 3.66. The van der Waals surface area contributed by atoms with Crippen LogP contribution in [-0.4, -0.2) is 27.0 Å². The molecule has 0 aliphatic carbocycles. The molecular weight excluding hydrogens is 329 g/mol. The predicted octanol–water partition coefficient (Wildman–Crippen LogP) is 4.40. The van der Waals surface area contributed by atoms with Crippen LogP contribution in [0.2, 0.25) is 0 Å². The SMILES string of the molecule is C=CC(=C(C)c1ccc(OC)c(S(=O)(=O)C(C)C)c1)C(F)(F)F. The Morgan fingerprint density at radius 2 is 1.87 bits per heavy atom. The summed E-state index contributed by atoms with van der Waals surface area (Å²) in [5, 5.41) is -0.725. The summed E-state index contributed by atoms with van der Waals surface area (Å²) in [5.41, 5.74) is -0.858. The number of rotatable bonds is 5. The van der Waals surface area contributed by atoms with Gasteiger partial charge in [-0.15, -0.1) is 0 Å². The number of benzene rings is 1. The third-order valence-electron chi connectivity index (χ3n) is 3.44. The molecular formula is C16H19F3O3S. The average Bonchev–Trinajstić information content (AvgIpc) is 2.45. The predicted molar refractivity (Wildman–Crippen MR) is 84.2 cm³/mol. The molecule has 0 aliphatic rings. The third kappa shape index (κ3) is 3.96. The molecule has 1 rings (SSSR count). The normalized spacial score (nSPS) is 13.7. The lowest BCUT2D eigenvalue weighted by Gasteiger charge is -2.16. The van der Waals surface area contributed by atoms with Crippen LogP contribution in [0.25, 0.3) is 5.57 Å². The second-order valence-electron chi connectivity index (χ2n) is 5.20. The van der Waals surface area contributed by atoms with Gasteiger partial charge >= 0.3 is 6.18 Å². The minimum Gasteiger partial charge on any atom is -0.495 e. The van der Waals surface area contributed by atoms with Gasteiger partial charge in [0.2, 0.25) is 0 Å². The number of alkyl halides is 3. The molecule has 0 heterocycles. The van der Waals surface area contributed by atoms with E-state index in [1.165, 1.54) is 46.1 Å². The number of allylic oxidation sites excluding steroid dienone is 3. The van der Waals surface area contributed by atoms with Gasteiger partial charge < -0.3 is 4.74 Å². The number of sulfone groups is 1. The Morgan fingerprint density at radius 1 is 1.30 bits per heavy atom. The van der Waals surface area contributed by atoms with Crippen molar-refractivity contribution in [1.29, 1.82) is 0 Å². The summed E-state index contributed by atoms with van der Waals surface area (Å²) >= 11 is 0. The summed E-state index contributed by atoms with van der Waals surface area (Å²) in [5.74, 6) is 0.0995. The second kappa shape index (κ2) is 6.78. The van der Waals surface area contributed by atoms with Crippen LogP contribution in [0.1, 0.15) is 26.3 Å². The Bertz CT molecular complexity index is 729. The number of methoxy groups -OCH3 is 1. The highest BCUT2D eigenvalue weighted by molar-refractivity contribution is 7.92. The molecule has 0 radical (unpaired) electrons. The van der Waals surface area contributed by atoms with Crippen molar-refractivity contribution in [1.82, 2.24) is 0 Å². The maximum atomic E-state index is 13.0. The Hall–Kier alpha value is -1.76. The van der Waals surface area contributed by atoms with Crippen molar-refractivity contribution in [3.8, 4) is 5.75 Å². The van der Waals surface area contributed by atoms with E-state index < -0.39 is 26.8 Å². The zero-order chi connectivity index (χ0) is 18.0. The van der Waals surface area contributed by atoms with Gasteiger partial charge in [0.25, 0.3) is 0 Å². The van der Waals surface area contributed by atoms with Gasteiger partial charge in [0.15, 0.2) is 9.84 Å². The fourth-order valence-electron chi connectivity index (χ4n) is 2.02. The highest BCUT2D eigenvalue weighted by Gasteiger charge is 2.34. The molecule has 1 aromatic rings. The zero-order valence-electron chi connectivity index (χ0n) is 13.4. The summed E-state index contributed by atoms with van der Waals surface area (Å²) < 4.78 is 68.8. The van der Waals surface area contributed by atoms with E-state index in [4.69, 9.17) is 4.74 Å². The van der Waals surface area contributed by atoms with Crippen LogP contribution in [0.4, 0.5) is 13.2 Å². The molecule has 7 heteroatoms. The van der Waals surface area contributed by atoms with Gasteiger partial charge in [0.1, 0.15) is 10.6 Å². The van der Waals surface area contributed by atoms with Gasteiger partial charge in [-0.05, 0) is 44.0 Å². The molecule has 0 fully saturated rings. The van der Waals surface area contributed by atoms with Crippen LogP contribution >= 0.6 is 0 Å². The third-order valence-corrected chi connectivity index (χ3v) is 5.61. The molecule has 0 saturated heterocycles. The van der Waals surface area contributed by atoms with Gasteiger partial charge in [-0.3, -0.25) is 0 Å². The Kier molecular flexibility index (Phi) is 5.69. The first-order valence-corrected chi connectivity index (χ1v) is 8.34. The summed E-state index contributed by atoms with van der Waals surface area (Å²) in [6.07, 6.45) is -3.85. The Labute approximate surface area is 134 Å². The molecule has 1 aromatic carbocycles. The molecule has 0 amide bonds. The van der Waals surface area contributed by atoms with E-state index in [9.17, 15) is 21.6 Å². The molecule has 128 valence electrons. The minimum absolute atomic E-state index is 0.0995. The largest absolute Gasteiger partial charge is 0.495 e. The summed E-state index contributed by atoms with van der Waals surface area (Å²) in [7, 11) is -2.39. The van der Waals surface area contributed by atoms with Crippen molar-refractivity contribution >= 4 is 15.4 Å². The summed E-state index contributed by atoms with van der Waals surface area (Å²) in [6, 6.07) is 3.95. The number of halogens is 3. The van der Waals surface area contributed by atoms with Gasteiger partial charge in [-0.25, -0.2) is 8.42 Å². The zero-order valence-corrected chi connectivity index (χ0v) is 14.2. The van der Waals surface area contributed by atoms with Gasteiger partial charge in [0, 0.05) is 0 Å². The van der Waals surface area contributed by atoms with E-state index >= 15 is 0 Å². The van der Waals surface area contributed by atoms with E-state index in [2.05, 4.69) is 6.58 Å². The summed E-state index contributed by atoms with van der Waals surface area (Å²) in [6.45, 7) is 7.45. The van der Waals surface area contributed by atoms with Crippen LogP contribution in [0.5, 0.6) is 5.75 Å². The van der Waals surface area contributed by atoms with Crippen molar-refractivity contribution in [2.75, 3.05) is 7.11 Å². The molecule has 3 nitrogen and oxygen atoms in total. The first-order valence-electron chi connectivity index (χ1n) is 6.79. The van der Waals surface area contributed by atoms with Crippen LogP contribution in [0.15, 0.2) is 41.3 Å². The quantitative estimate of drug-likeness (QED) is 0.741. The highest BCUT2D eigenvalue weighted by atomic mass is 32.2. The molecule has 0 saturated carbocycles. The van der Waals surface area contributed by atoms with E-state index in [0.717, 1.165) is 6.08 Å². The monoisotopic (exact) mass is 348 g/mol. The van der Waals surface area contributed by atoms with Crippen molar-refractivity contribution in [2.24, 2.45) is 0 Å². The van der Waals surface area contributed by atoms with Crippen LogP contribution in [0, 0.1) is 0 Å². The lowest BCUT2D eigenvalue weighted by atomic mass is 10.0.